The van der Waals surface area contributed by atoms with Crippen LogP contribution < -0.4 is 4.74 Å². The molecule has 0 atom stereocenters. The van der Waals surface area contributed by atoms with E-state index in [9.17, 15) is 0 Å². The van der Waals surface area contributed by atoms with Gasteiger partial charge in [-0.1, -0.05) is 84.9 Å². The standard InChI is InChI=1S/C25H18O/c1-26-24-16-8-15-23-21-12-5-4-11-19(21)17-9-2-3-10-18(17)20-13-6-7-14-22(20)25(23)24/h2-16H,1H3/b19-17-,20-18-,23-21-,25-22+. The molecule has 1 aliphatic rings. The van der Waals surface area contributed by atoms with Gasteiger partial charge in [-0.05, 0) is 42.6 Å². The lowest BCUT2D eigenvalue weighted by atomic mass is 10.0. The van der Waals surface area contributed by atoms with Gasteiger partial charge in [0.25, 0.3) is 0 Å². The van der Waals surface area contributed by atoms with Crippen LogP contribution in [0, 0.1) is 41.7 Å². The molecule has 0 unspecified atom stereocenters. The number of benzene rings is 4. The zero-order chi connectivity index (χ0) is 17.5. The third-order valence-electron chi connectivity index (χ3n) is 5.17. The molecular formula is C25H18O. The van der Waals surface area contributed by atoms with Crippen LogP contribution in [0.15, 0.2) is 91.0 Å². The second-order valence-corrected chi connectivity index (χ2v) is 6.52. The van der Waals surface area contributed by atoms with E-state index in [2.05, 4.69) is 84.9 Å². The molecular weight excluding hydrogens is 316 g/mol. The van der Waals surface area contributed by atoms with E-state index in [1.54, 1.807) is 7.11 Å². The number of hydrogen-bond acceptors (Lipinski definition) is 1. The zero-order valence-electron chi connectivity index (χ0n) is 14.6. The first-order valence-corrected chi connectivity index (χ1v) is 8.84. The third kappa shape index (κ3) is 2.11. The maximum Gasteiger partial charge on any atom is 0.127 e. The SMILES string of the molecule is COc1cccc2/c1=c1/cccc/c1=c1\cccc\c1=c1/cccc/c1=2. The van der Waals surface area contributed by atoms with E-state index in [-0.39, 0.29) is 0 Å². The van der Waals surface area contributed by atoms with E-state index >= 15 is 0 Å². The highest BCUT2D eigenvalue weighted by atomic mass is 16.5. The number of rotatable bonds is 1. The van der Waals surface area contributed by atoms with Gasteiger partial charge in [0.15, 0.2) is 0 Å². The quantitative estimate of drug-likeness (QED) is 0.412. The summed E-state index contributed by atoms with van der Waals surface area (Å²) in [5, 5.41) is 9.84. The molecule has 26 heavy (non-hydrogen) atoms. The lowest BCUT2D eigenvalue weighted by molar-refractivity contribution is 0.411. The van der Waals surface area contributed by atoms with E-state index in [0.29, 0.717) is 0 Å². The zero-order valence-corrected chi connectivity index (χ0v) is 14.6. The molecule has 5 rings (SSSR count). The molecule has 1 heteroatoms. The summed E-state index contributed by atoms with van der Waals surface area (Å²) in [6.07, 6.45) is 0. The Morgan fingerprint density at radius 1 is 0.423 bits per heavy atom. The molecule has 0 heterocycles. The highest BCUT2D eigenvalue weighted by Crippen LogP contribution is 2.19. The summed E-state index contributed by atoms with van der Waals surface area (Å²) in [6.45, 7) is 0. The molecule has 1 aliphatic carbocycles. The van der Waals surface area contributed by atoms with Crippen molar-refractivity contribution in [1.29, 1.82) is 0 Å². The van der Waals surface area contributed by atoms with E-state index in [1.165, 1.54) is 36.5 Å². The average molecular weight is 334 g/mol. The number of ether oxygens (including phenoxy) is 1. The Balaban J connectivity index is 2.46. The van der Waals surface area contributed by atoms with Gasteiger partial charge in [-0.3, -0.25) is 0 Å². The van der Waals surface area contributed by atoms with Crippen LogP contribution >= 0.6 is 0 Å². The Morgan fingerprint density at radius 2 is 0.808 bits per heavy atom. The highest BCUT2D eigenvalue weighted by Gasteiger charge is 2.03. The Labute approximate surface area is 150 Å². The van der Waals surface area contributed by atoms with Crippen molar-refractivity contribution in [2.75, 3.05) is 7.11 Å². The fourth-order valence-electron chi connectivity index (χ4n) is 4.05. The van der Waals surface area contributed by atoms with Crippen LogP contribution in [-0.4, -0.2) is 7.11 Å². The van der Waals surface area contributed by atoms with Crippen molar-refractivity contribution in [2.45, 2.75) is 0 Å². The molecule has 0 N–H and O–H groups in total. The van der Waals surface area contributed by atoms with Gasteiger partial charge in [-0.15, -0.1) is 0 Å². The first kappa shape index (κ1) is 15.0. The molecule has 0 radical (unpaired) electrons. The number of hydrogen-bond donors (Lipinski definition) is 0. The first-order chi connectivity index (χ1) is 12.9. The highest BCUT2D eigenvalue weighted by molar-refractivity contribution is 5.35. The summed E-state index contributed by atoms with van der Waals surface area (Å²) >= 11 is 0. The van der Waals surface area contributed by atoms with Crippen LogP contribution in [0.5, 0.6) is 5.75 Å². The molecule has 4 aromatic rings. The van der Waals surface area contributed by atoms with E-state index in [4.69, 9.17) is 4.74 Å². The third-order valence-corrected chi connectivity index (χ3v) is 5.17. The topological polar surface area (TPSA) is 9.23 Å². The van der Waals surface area contributed by atoms with Crippen LogP contribution in [0.4, 0.5) is 0 Å². The minimum Gasteiger partial charge on any atom is -0.496 e. The Bertz CT molecular complexity index is 1510. The number of methoxy groups -OCH3 is 1. The van der Waals surface area contributed by atoms with Crippen molar-refractivity contribution in [2.24, 2.45) is 0 Å². The summed E-state index contributed by atoms with van der Waals surface area (Å²) < 4.78 is 5.77. The molecule has 0 fully saturated rings. The Morgan fingerprint density at radius 3 is 1.31 bits per heavy atom. The fourth-order valence-corrected chi connectivity index (χ4v) is 4.05. The molecule has 0 aliphatic heterocycles. The molecule has 0 spiro atoms. The number of fused-ring (bicyclic) bond motifs is 4. The monoisotopic (exact) mass is 334 g/mol. The maximum atomic E-state index is 5.77. The fraction of sp³-hybridized carbons (Fsp3) is 0.0400. The van der Waals surface area contributed by atoms with Crippen LogP contribution in [0.2, 0.25) is 0 Å². The smallest absolute Gasteiger partial charge is 0.127 e. The van der Waals surface area contributed by atoms with Gasteiger partial charge in [-0.25, -0.2) is 0 Å². The predicted molar refractivity (Wildman–Crippen MR) is 103 cm³/mol. The summed E-state index contributed by atoms with van der Waals surface area (Å²) in [6, 6.07) is 32.2. The van der Waals surface area contributed by atoms with Crippen LogP contribution in [0.3, 0.4) is 0 Å². The lowest BCUT2D eigenvalue weighted by Gasteiger charge is -2.06. The molecule has 0 amide bonds. The minimum absolute atomic E-state index is 0.907. The largest absolute Gasteiger partial charge is 0.496 e. The van der Waals surface area contributed by atoms with E-state index in [1.807, 2.05) is 6.07 Å². The maximum absolute atomic E-state index is 5.77. The van der Waals surface area contributed by atoms with Crippen LogP contribution in [-0.2, 0) is 0 Å². The molecule has 0 saturated carbocycles. The van der Waals surface area contributed by atoms with Crippen molar-refractivity contribution in [1.82, 2.24) is 0 Å². The van der Waals surface area contributed by atoms with Crippen molar-refractivity contribution < 1.29 is 4.74 Å². The summed E-state index contributed by atoms with van der Waals surface area (Å²) in [4.78, 5) is 0. The minimum atomic E-state index is 0.907. The molecule has 0 bridgehead atoms. The molecule has 0 aromatic heterocycles. The lowest BCUT2D eigenvalue weighted by Crippen LogP contribution is -1.92. The second kappa shape index (κ2) is 5.89. The van der Waals surface area contributed by atoms with Crippen molar-refractivity contribution in [3.63, 3.8) is 0 Å². The van der Waals surface area contributed by atoms with Gasteiger partial charge >= 0.3 is 0 Å². The second-order valence-electron chi connectivity index (χ2n) is 6.52. The molecule has 4 aromatic carbocycles. The van der Waals surface area contributed by atoms with Gasteiger partial charge in [0.2, 0.25) is 0 Å². The van der Waals surface area contributed by atoms with E-state index in [0.717, 1.165) is 11.0 Å². The van der Waals surface area contributed by atoms with Crippen molar-refractivity contribution >= 4 is 0 Å². The van der Waals surface area contributed by atoms with Gasteiger partial charge in [0.05, 0.1) is 7.11 Å². The Hall–Kier alpha value is -3.32. The normalized spacial score (nSPS) is 16.8. The summed E-state index contributed by atoms with van der Waals surface area (Å²) in [7, 11) is 1.75. The van der Waals surface area contributed by atoms with Crippen LogP contribution in [0.1, 0.15) is 0 Å². The Kier molecular flexibility index (Phi) is 3.39. The van der Waals surface area contributed by atoms with Gasteiger partial charge < -0.3 is 4.74 Å². The van der Waals surface area contributed by atoms with Crippen LogP contribution in [0.25, 0.3) is 0 Å². The van der Waals surface area contributed by atoms with Crippen molar-refractivity contribution in [3.05, 3.63) is 133 Å². The van der Waals surface area contributed by atoms with Gasteiger partial charge in [-0.2, -0.15) is 0 Å². The predicted octanol–water partition coefficient (Wildman–Crippen LogP) is 5.16. The first-order valence-electron chi connectivity index (χ1n) is 8.84. The van der Waals surface area contributed by atoms with Gasteiger partial charge in [0, 0.05) is 5.22 Å². The molecule has 0 saturated heterocycles. The van der Waals surface area contributed by atoms with Gasteiger partial charge in [0.1, 0.15) is 5.75 Å². The van der Waals surface area contributed by atoms with Crippen molar-refractivity contribution in [3.8, 4) is 5.75 Å². The average Bonchev–Trinajstić information content (AvgIpc) is 2.72. The summed E-state index contributed by atoms with van der Waals surface area (Å²) in [5.41, 5.74) is 0. The van der Waals surface area contributed by atoms with E-state index < -0.39 is 0 Å². The summed E-state index contributed by atoms with van der Waals surface area (Å²) in [5.74, 6) is 0.907. The molecule has 124 valence electrons. The molecule has 1 nitrogen and oxygen atoms in total.